The summed E-state index contributed by atoms with van der Waals surface area (Å²) in [6, 6.07) is 5.52. The lowest BCUT2D eigenvalue weighted by molar-refractivity contribution is -0.115. The van der Waals surface area contributed by atoms with Gasteiger partial charge in [0, 0.05) is 23.6 Å². The van der Waals surface area contributed by atoms with Crippen molar-refractivity contribution in [3.05, 3.63) is 23.2 Å². The van der Waals surface area contributed by atoms with E-state index in [0.717, 1.165) is 16.3 Å². The Bertz CT molecular complexity index is 416. The van der Waals surface area contributed by atoms with Crippen LogP contribution in [0.4, 0.5) is 5.69 Å². The third-order valence-corrected chi connectivity index (χ3v) is 3.47. The maximum atomic E-state index is 11.8. The number of halogens is 1. The Labute approximate surface area is 123 Å². The summed E-state index contributed by atoms with van der Waals surface area (Å²) in [6.45, 7) is 3.56. The number of nitrogens with one attached hydrogen (secondary N) is 2. The molecule has 0 saturated heterocycles. The molecule has 4 nitrogen and oxygen atoms in total. The third kappa shape index (κ3) is 6.29. The van der Waals surface area contributed by atoms with Crippen molar-refractivity contribution in [3.63, 3.8) is 0 Å². The molecule has 0 fully saturated rings. The van der Waals surface area contributed by atoms with Crippen LogP contribution in [0.2, 0.25) is 5.02 Å². The molecule has 1 aromatic carbocycles. The van der Waals surface area contributed by atoms with Crippen molar-refractivity contribution in [2.24, 2.45) is 0 Å². The van der Waals surface area contributed by atoms with Crippen LogP contribution < -0.4 is 10.6 Å². The predicted molar refractivity (Wildman–Crippen MR) is 81.2 cm³/mol. The first-order valence-electron chi connectivity index (χ1n) is 6.09. The van der Waals surface area contributed by atoms with Gasteiger partial charge in [-0.25, -0.2) is 0 Å². The minimum Gasteiger partial charge on any atom is -0.383 e. The number of hydrogen-bond donors (Lipinski definition) is 2. The second kappa shape index (κ2) is 9.20. The molecule has 0 aliphatic carbocycles. The molecule has 0 bridgehead atoms. The molecular formula is C13H19ClN2O2S. The van der Waals surface area contributed by atoms with Crippen molar-refractivity contribution in [2.45, 2.75) is 11.8 Å². The van der Waals surface area contributed by atoms with Gasteiger partial charge in [0.25, 0.3) is 0 Å². The number of ether oxygens (including phenoxy) is 1. The number of hydrogen-bond acceptors (Lipinski definition) is 4. The van der Waals surface area contributed by atoms with Crippen molar-refractivity contribution < 1.29 is 9.53 Å². The average Bonchev–Trinajstić information content (AvgIpc) is 2.38. The van der Waals surface area contributed by atoms with Crippen LogP contribution in [0.15, 0.2) is 23.1 Å². The molecule has 1 rings (SSSR count). The van der Waals surface area contributed by atoms with Gasteiger partial charge >= 0.3 is 0 Å². The highest BCUT2D eigenvalue weighted by Crippen LogP contribution is 2.29. The summed E-state index contributed by atoms with van der Waals surface area (Å²) in [5, 5.41) is 6.48. The van der Waals surface area contributed by atoms with E-state index in [0.29, 0.717) is 18.2 Å². The Kier molecular flexibility index (Phi) is 7.90. The van der Waals surface area contributed by atoms with E-state index >= 15 is 0 Å². The number of carbonyl (C=O) groups is 1. The van der Waals surface area contributed by atoms with Gasteiger partial charge in [-0.15, -0.1) is 11.8 Å². The minimum absolute atomic E-state index is 0.0867. The number of anilines is 1. The molecule has 0 aliphatic rings. The van der Waals surface area contributed by atoms with Crippen LogP contribution in [0.5, 0.6) is 0 Å². The van der Waals surface area contributed by atoms with E-state index in [1.54, 1.807) is 24.9 Å². The van der Waals surface area contributed by atoms with Crippen molar-refractivity contribution >= 4 is 35.0 Å². The maximum absolute atomic E-state index is 11.8. The minimum atomic E-state index is -0.0867. The van der Waals surface area contributed by atoms with Gasteiger partial charge in [0.2, 0.25) is 5.91 Å². The fourth-order valence-electron chi connectivity index (χ4n) is 1.45. The number of rotatable bonds is 8. The maximum Gasteiger partial charge on any atom is 0.238 e. The Balaban J connectivity index is 2.54. The van der Waals surface area contributed by atoms with Gasteiger partial charge in [0.15, 0.2) is 0 Å². The van der Waals surface area contributed by atoms with E-state index < -0.39 is 0 Å². The Morgan fingerprint density at radius 3 is 2.95 bits per heavy atom. The zero-order valence-electron chi connectivity index (χ0n) is 11.2. The molecule has 1 aromatic rings. The van der Waals surface area contributed by atoms with E-state index in [1.807, 2.05) is 12.1 Å². The normalized spacial score (nSPS) is 10.5. The number of thioether (sulfide) groups is 1. The summed E-state index contributed by atoms with van der Waals surface area (Å²) in [5.41, 5.74) is 0.762. The topological polar surface area (TPSA) is 50.4 Å². The molecule has 19 heavy (non-hydrogen) atoms. The molecule has 0 radical (unpaired) electrons. The molecule has 0 saturated carbocycles. The number of methoxy groups -OCH3 is 1. The fourth-order valence-corrected chi connectivity index (χ4v) is 2.36. The highest BCUT2D eigenvalue weighted by atomic mass is 35.5. The molecule has 6 heteroatoms. The largest absolute Gasteiger partial charge is 0.383 e. The summed E-state index contributed by atoms with van der Waals surface area (Å²) in [4.78, 5) is 12.8. The summed E-state index contributed by atoms with van der Waals surface area (Å²) in [5.74, 6) is 0.854. The smallest absolute Gasteiger partial charge is 0.238 e. The Morgan fingerprint density at radius 2 is 2.26 bits per heavy atom. The van der Waals surface area contributed by atoms with Crippen LogP contribution in [0, 0.1) is 0 Å². The molecule has 0 atom stereocenters. The molecular weight excluding hydrogens is 284 g/mol. The number of benzene rings is 1. The zero-order valence-corrected chi connectivity index (χ0v) is 12.7. The van der Waals surface area contributed by atoms with Crippen LogP contribution in [0.3, 0.4) is 0 Å². The Hall–Kier alpha value is -0.750. The van der Waals surface area contributed by atoms with Crippen LogP contribution in [-0.2, 0) is 9.53 Å². The number of amides is 1. The molecule has 0 aromatic heterocycles. The molecule has 106 valence electrons. The fraction of sp³-hybridized carbons (Fsp3) is 0.462. The standard InChI is InChI=1S/C13H19ClN2O2S/c1-3-19-12-5-4-10(14)8-11(12)16-13(17)9-15-6-7-18-2/h4-5,8,15H,3,6-7,9H2,1-2H3,(H,16,17). The quantitative estimate of drug-likeness (QED) is 0.572. The van der Waals surface area contributed by atoms with E-state index in [2.05, 4.69) is 17.6 Å². The Morgan fingerprint density at radius 1 is 1.47 bits per heavy atom. The zero-order chi connectivity index (χ0) is 14.1. The van der Waals surface area contributed by atoms with Gasteiger partial charge < -0.3 is 15.4 Å². The predicted octanol–water partition coefficient (Wildman–Crippen LogP) is 2.63. The summed E-state index contributed by atoms with van der Waals surface area (Å²) in [6.07, 6.45) is 0. The molecule has 1 amide bonds. The SMILES string of the molecule is CCSc1ccc(Cl)cc1NC(=O)CNCCOC. The van der Waals surface area contributed by atoms with Crippen molar-refractivity contribution in [1.29, 1.82) is 0 Å². The summed E-state index contributed by atoms with van der Waals surface area (Å²) >= 11 is 7.62. The second-order valence-electron chi connectivity index (χ2n) is 3.79. The lowest BCUT2D eigenvalue weighted by Gasteiger charge is -2.11. The summed E-state index contributed by atoms with van der Waals surface area (Å²) < 4.78 is 4.89. The van der Waals surface area contributed by atoms with Crippen LogP contribution in [0.1, 0.15) is 6.92 Å². The van der Waals surface area contributed by atoms with E-state index in [4.69, 9.17) is 16.3 Å². The first kappa shape index (κ1) is 16.3. The van der Waals surface area contributed by atoms with Crippen molar-refractivity contribution in [2.75, 3.05) is 37.9 Å². The van der Waals surface area contributed by atoms with Gasteiger partial charge in [-0.3, -0.25) is 4.79 Å². The molecule has 0 heterocycles. The van der Waals surface area contributed by atoms with E-state index in [1.165, 1.54) is 0 Å². The van der Waals surface area contributed by atoms with Crippen LogP contribution >= 0.6 is 23.4 Å². The van der Waals surface area contributed by atoms with Crippen LogP contribution in [-0.4, -0.2) is 38.5 Å². The van der Waals surface area contributed by atoms with Gasteiger partial charge in [-0.1, -0.05) is 18.5 Å². The number of carbonyl (C=O) groups excluding carboxylic acids is 1. The van der Waals surface area contributed by atoms with Crippen molar-refractivity contribution in [1.82, 2.24) is 5.32 Å². The lowest BCUT2D eigenvalue weighted by Crippen LogP contribution is -2.30. The van der Waals surface area contributed by atoms with Gasteiger partial charge in [-0.2, -0.15) is 0 Å². The van der Waals surface area contributed by atoms with E-state index in [9.17, 15) is 4.79 Å². The average molecular weight is 303 g/mol. The molecule has 0 unspecified atom stereocenters. The third-order valence-electron chi connectivity index (χ3n) is 2.28. The molecule has 0 aliphatic heterocycles. The van der Waals surface area contributed by atoms with Crippen LogP contribution in [0.25, 0.3) is 0 Å². The lowest BCUT2D eigenvalue weighted by atomic mass is 10.3. The first-order chi connectivity index (χ1) is 9.17. The highest BCUT2D eigenvalue weighted by molar-refractivity contribution is 7.99. The molecule has 0 spiro atoms. The first-order valence-corrected chi connectivity index (χ1v) is 7.45. The second-order valence-corrected chi connectivity index (χ2v) is 5.53. The summed E-state index contributed by atoms with van der Waals surface area (Å²) in [7, 11) is 1.63. The van der Waals surface area contributed by atoms with Gasteiger partial charge in [0.05, 0.1) is 18.8 Å². The van der Waals surface area contributed by atoms with Gasteiger partial charge in [0.1, 0.15) is 0 Å². The highest BCUT2D eigenvalue weighted by Gasteiger charge is 2.07. The monoisotopic (exact) mass is 302 g/mol. The van der Waals surface area contributed by atoms with E-state index in [-0.39, 0.29) is 12.5 Å². The van der Waals surface area contributed by atoms with Gasteiger partial charge in [-0.05, 0) is 24.0 Å². The van der Waals surface area contributed by atoms with Crippen molar-refractivity contribution in [3.8, 4) is 0 Å². The molecule has 2 N–H and O–H groups in total.